The van der Waals surface area contributed by atoms with Crippen LogP contribution < -0.4 is 5.32 Å². The Balaban J connectivity index is 0.000000331. The van der Waals surface area contributed by atoms with Gasteiger partial charge in [-0.2, -0.15) is 5.10 Å². The molecule has 13 heteroatoms. The molecule has 230 valence electrons. The Morgan fingerprint density at radius 1 is 0.977 bits per heavy atom. The second-order valence-corrected chi connectivity index (χ2v) is 10.6. The molecule has 0 spiro atoms. The van der Waals surface area contributed by atoms with Crippen molar-refractivity contribution in [2.24, 2.45) is 0 Å². The van der Waals surface area contributed by atoms with Crippen molar-refractivity contribution in [2.45, 2.75) is 57.2 Å². The molecule has 2 aromatic carbocycles. The number of amides is 1. The van der Waals surface area contributed by atoms with E-state index in [9.17, 15) is 23.6 Å². The average Bonchev–Trinajstić information content (AvgIpc) is 3.38. The van der Waals surface area contributed by atoms with Crippen molar-refractivity contribution in [1.82, 2.24) is 20.0 Å². The highest BCUT2D eigenvalue weighted by Gasteiger charge is 2.41. The first-order chi connectivity index (χ1) is 20.2. The van der Waals surface area contributed by atoms with Crippen LogP contribution in [-0.2, 0) is 31.3 Å². The van der Waals surface area contributed by atoms with E-state index in [1.807, 2.05) is 16.9 Å². The van der Waals surface area contributed by atoms with Gasteiger partial charge in [0.2, 0.25) is 5.91 Å². The summed E-state index contributed by atoms with van der Waals surface area (Å²) in [5.41, 5.74) is 0.574. The number of benzene rings is 2. The molecule has 1 aliphatic rings. The molecule has 1 aliphatic heterocycles. The summed E-state index contributed by atoms with van der Waals surface area (Å²) in [4.78, 5) is 44.7. The molecule has 4 rings (SSSR count). The van der Waals surface area contributed by atoms with E-state index in [1.165, 1.54) is 18.6 Å². The second kappa shape index (κ2) is 14.0. The first-order valence-corrected chi connectivity index (χ1v) is 13.5. The fourth-order valence-electron chi connectivity index (χ4n) is 4.99. The molecule has 1 aromatic heterocycles. The minimum atomic E-state index is -2.74. The van der Waals surface area contributed by atoms with Gasteiger partial charge in [-0.05, 0) is 38.0 Å². The van der Waals surface area contributed by atoms with Crippen molar-refractivity contribution in [3.05, 3.63) is 83.4 Å². The zero-order chi connectivity index (χ0) is 31.8. The van der Waals surface area contributed by atoms with Gasteiger partial charge in [0.05, 0.1) is 30.3 Å². The number of carboxylic acids is 3. The molecular weight excluding hydrogens is 563 g/mol. The van der Waals surface area contributed by atoms with Crippen molar-refractivity contribution in [1.29, 1.82) is 0 Å². The Bertz CT molecular complexity index is 1430. The topological polar surface area (TPSA) is 182 Å². The monoisotopic (exact) mass is 598 g/mol. The van der Waals surface area contributed by atoms with Gasteiger partial charge in [-0.1, -0.05) is 35.9 Å². The van der Waals surface area contributed by atoms with E-state index in [2.05, 4.69) is 52.7 Å². The van der Waals surface area contributed by atoms with Crippen LogP contribution >= 0.6 is 0 Å². The zero-order valence-electron chi connectivity index (χ0n) is 23.9. The molecule has 0 saturated carbocycles. The third kappa shape index (κ3) is 8.93. The van der Waals surface area contributed by atoms with Crippen molar-refractivity contribution >= 4 is 23.8 Å². The van der Waals surface area contributed by atoms with E-state index in [0.29, 0.717) is 18.4 Å². The normalized spacial score (nSPS) is 14.7. The number of carbonyl (C=O) groups excluding carboxylic acids is 1. The van der Waals surface area contributed by atoms with Crippen LogP contribution in [0.25, 0.3) is 5.69 Å². The smallest absolute Gasteiger partial charge is 0.336 e. The minimum Gasteiger partial charge on any atom is -0.481 e. The van der Waals surface area contributed by atoms with Gasteiger partial charge in [0.15, 0.2) is 5.60 Å². The molecule has 43 heavy (non-hydrogen) atoms. The molecule has 1 fully saturated rings. The van der Waals surface area contributed by atoms with E-state index in [-0.39, 0.29) is 11.7 Å². The number of aryl methyl sites for hydroxylation is 1. The van der Waals surface area contributed by atoms with Crippen molar-refractivity contribution in [3.63, 3.8) is 0 Å². The van der Waals surface area contributed by atoms with Crippen LogP contribution in [0.2, 0.25) is 0 Å². The van der Waals surface area contributed by atoms with Crippen LogP contribution in [0, 0.1) is 12.7 Å². The number of carboxylic acid groups (broad SMARTS) is 3. The average molecular weight is 599 g/mol. The summed E-state index contributed by atoms with van der Waals surface area (Å²) in [6.45, 7) is 5.87. The van der Waals surface area contributed by atoms with Gasteiger partial charge >= 0.3 is 17.9 Å². The molecule has 0 unspecified atom stereocenters. The van der Waals surface area contributed by atoms with E-state index >= 15 is 0 Å². The molecule has 0 atom stereocenters. The molecular formula is C30H35FN4O8. The summed E-state index contributed by atoms with van der Waals surface area (Å²) in [6.07, 6.45) is 2.99. The van der Waals surface area contributed by atoms with Crippen LogP contribution in [0.15, 0.2) is 60.9 Å². The van der Waals surface area contributed by atoms with Gasteiger partial charge in [-0.3, -0.25) is 19.3 Å². The number of hydrogen-bond donors (Lipinski definition) is 5. The third-order valence-corrected chi connectivity index (χ3v) is 7.14. The molecule has 0 bridgehead atoms. The molecule has 3 aromatic rings. The molecule has 2 heterocycles. The van der Waals surface area contributed by atoms with E-state index in [0.717, 1.165) is 30.9 Å². The highest BCUT2D eigenvalue weighted by atomic mass is 19.1. The van der Waals surface area contributed by atoms with E-state index in [1.54, 1.807) is 12.1 Å². The summed E-state index contributed by atoms with van der Waals surface area (Å²) in [7, 11) is 0. The second-order valence-electron chi connectivity index (χ2n) is 10.6. The Labute approximate surface area is 247 Å². The maximum atomic E-state index is 14.5. The van der Waals surface area contributed by atoms with Gasteiger partial charge in [-0.25, -0.2) is 13.9 Å². The molecule has 0 aliphatic carbocycles. The summed E-state index contributed by atoms with van der Waals surface area (Å²) in [6, 6.07) is 15.0. The number of carbonyl (C=O) groups is 4. The largest absolute Gasteiger partial charge is 0.481 e. The lowest BCUT2D eigenvalue weighted by Gasteiger charge is -2.42. The van der Waals surface area contributed by atoms with Gasteiger partial charge < -0.3 is 25.7 Å². The summed E-state index contributed by atoms with van der Waals surface area (Å²) in [5.74, 6) is -5.42. The number of rotatable bonds is 10. The fraction of sp³-hybridized carbons (Fsp3) is 0.367. The molecule has 0 radical (unpaired) electrons. The van der Waals surface area contributed by atoms with Crippen LogP contribution in [0.3, 0.4) is 0 Å². The SMILES string of the molecule is CC(=O)NC1(c2ccccc2F)CCN(Cc2cnn(-c3ccc(C)cc3)c2)CC1.O=C(O)CC(O)(CC(=O)O)C(=O)O. The van der Waals surface area contributed by atoms with Crippen molar-refractivity contribution < 1.29 is 44.0 Å². The summed E-state index contributed by atoms with van der Waals surface area (Å²) < 4.78 is 16.4. The minimum absolute atomic E-state index is 0.133. The number of halogens is 1. The van der Waals surface area contributed by atoms with Crippen LogP contribution in [-0.4, -0.2) is 77.6 Å². The van der Waals surface area contributed by atoms with E-state index in [4.69, 9.17) is 20.4 Å². The third-order valence-electron chi connectivity index (χ3n) is 7.14. The first kappa shape index (κ1) is 32.9. The number of likely N-dealkylation sites (tertiary alicyclic amines) is 1. The zero-order valence-corrected chi connectivity index (χ0v) is 23.9. The summed E-state index contributed by atoms with van der Waals surface area (Å²) >= 11 is 0. The van der Waals surface area contributed by atoms with Crippen LogP contribution in [0.1, 0.15) is 49.3 Å². The number of nitrogens with one attached hydrogen (secondary N) is 1. The molecule has 12 nitrogen and oxygen atoms in total. The highest BCUT2D eigenvalue weighted by molar-refractivity contribution is 5.88. The predicted molar refractivity (Wildman–Crippen MR) is 152 cm³/mol. The van der Waals surface area contributed by atoms with Crippen molar-refractivity contribution in [2.75, 3.05) is 13.1 Å². The fourth-order valence-corrected chi connectivity index (χ4v) is 4.99. The molecule has 1 saturated heterocycles. The quantitative estimate of drug-likeness (QED) is 0.233. The standard InChI is InChI=1S/C24H27FN4O.C6H8O7/c1-18-7-9-21(10-8-18)29-17-20(15-26-29)16-28-13-11-24(12-14-28,27-19(2)30)22-5-3-4-6-23(22)25;7-3(8)1-6(13,5(11)12)2-4(9)10/h3-10,15,17H,11-14,16H2,1-2H3,(H,27,30);13H,1-2H2,(H,7,8)(H,9,10)(H,11,12). The maximum absolute atomic E-state index is 14.5. The van der Waals surface area contributed by atoms with Crippen LogP contribution in [0.5, 0.6) is 0 Å². The maximum Gasteiger partial charge on any atom is 0.336 e. The number of piperidine rings is 1. The summed E-state index contributed by atoms with van der Waals surface area (Å²) in [5, 5.41) is 41.3. The number of aromatic nitrogens is 2. The predicted octanol–water partition coefficient (Wildman–Crippen LogP) is 2.70. The number of nitrogens with zero attached hydrogens (tertiary/aromatic N) is 3. The number of aliphatic carboxylic acids is 3. The Morgan fingerprint density at radius 3 is 2.07 bits per heavy atom. The number of hydrogen-bond acceptors (Lipinski definition) is 7. The Kier molecular flexibility index (Phi) is 10.7. The van der Waals surface area contributed by atoms with Gasteiger partial charge in [0.1, 0.15) is 5.82 Å². The lowest BCUT2D eigenvalue weighted by molar-refractivity contribution is -0.170. The van der Waals surface area contributed by atoms with Crippen LogP contribution in [0.4, 0.5) is 4.39 Å². The molecule has 1 amide bonds. The number of aliphatic hydroxyl groups is 1. The first-order valence-electron chi connectivity index (χ1n) is 13.5. The van der Waals surface area contributed by atoms with Gasteiger partial charge in [0, 0.05) is 43.9 Å². The van der Waals surface area contributed by atoms with E-state index < -0.39 is 41.9 Å². The Hall–Kier alpha value is -4.62. The Morgan fingerprint density at radius 2 is 1.56 bits per heavy atom. The molecule has 5 N–H and O–H groups in total. The highest BCUT2D eigenvalue weighted by Crippen LogP contribution is 2.35. The van der Waals surface area contributed by atoms with Crippen molar-refractivity contribution in [3.8, 4) is 5.69 Å². The lowest BCUT2D eigenvalue weighted by Crippen LogP contribution is -2.52. The van der Waals surface area contributed by atoms with Gasteiger partial charge in [0.25, 0.3) is 0 Å². The van der Waals surface area contributed by atoms with Gasteiger partial charge in [-0.15, -0.1) is 0 Å². The lowest BCUT2D eigenvalue weighted by atomic mass is 9.80.